The third-order valence-electron chi connectivity index (χ3n) is 3.89. The lowest BCUT2D eigenvalue weighted by molar-refractivity contribution is 0.0697. The van der Waals surface area contributed by atoms with E-state index in [1.165, 1.54) is 37.4 Å². The summed E-state index contributed by atoms with van der Waals surface area (Å²) in [6, 6.07) is 6.48. The number of carbonyl (C=O) groups is 1. The molecule has 0 aliphatic heterocycles. The molecule has 3 aromatic rings. The van der Waals surface area contributed by atoms with Crippen molar-refractivity contribution >= 4 is 37.9 Å². The van der Waals surface area contributed by atoms with Crippen molar-refractivity contribution in [3.8, 4) is 5.75 Å². The van der Waals surface area contributed by atoms with E-state index in [9.17, 15) is 18.0 Å². The van der Waals surface area contributed by atoms with Crippen molar-refractivity contribution in [2.45, 2.75) is 24.8 Å². The van der Waals surface area contributed by atoms with Crippen LogP contribution in [0.25, 0.3) is 21.9 Å². The number of ether oxygens (including phenoxy) is 1. The molecule has 0 spiro atoms. The fraction of sp³-hybridized carbons (Fsp3) is 0.222. The van der Waals surface area contributed by atoms with Gasteiger partial charge < -0.3 is 14.3 Å². The van der Waals surface area contributed by atoms with Crippen LogP contribution in [0.1, 0.15) is 24.2 Å². The second-order valence-electron chi connectivity index (χ2n) is 6.12. The van der Waals surface area contributed by atoms with Crippen LogP contribution in [0.4, 0.5) is 0 Å². The number of benzene rings is 2. The molecule has 0 unspecified atom stereocenters. The van der Waals surface area contributed by atoms with Crippen LogP contribution in [0.5, 0.6) is 5.75 Å². The highest BCUT2D eigenvalue weighted by atomic mass is 32.2. The van der Waals surface area contributed by atoms with Crippen molar-refractivity contribution in [2.75, 3.05) is 7.05 Å². The molecular weight excluding hydrogens is 374 g/mol. The minimum Gasteiger partial charge on any atom is -0.491 e. The Bertz CT molecular complexity index is 1230. The smallest absolute Gasteiger partial charge is 0.335 e. The molecule has 27 heavy (non-hydrogen) atoms. The summed E-state index contributed by atoms with van der Waals surface area (Å²) in [4.78, 5) is 23.9. The minimum absolute atomic E-state index is 0.0167. The molecule has 2 aromatic carbocycles. The largest absolute Gasteiger partial charge is 0.491 e. The third-order valence-corrected chi connectivity index (χ3v) is 5.31. The van der Waals surface area contributed by atoms with Crippen molar-refractivity contribution in [1.29, 1.82) is 0 Å². The van der Waals surface area contributed by atoms with Crippen molar-refractivity contribution in [3.63, 3.8) is 0 Å². The molecule has 3 rings (SSSR count). The van der Waals surface area contributed by atoms with E-state index in [1.807, 2.05) is 0 Å². The second kappa shape index (κ2) is 6.67. The van der Waals surface area contributed by atoms with Gasteiger partial charge in [0, 0.05) is 6.07 Å². The Hall–Kier alpha value is -2.91. The van der Waals surface area contributed by atoms with Crippen LogP contribution in [0.2, 0.25) is 0 Å². The van der Waals surface area contributed by atoms with Crippen LogP contribution in [-0.4, -0.2) is 32.6 Å². The summed E-state index contributed by atoms with van der Waals surface area (Å²) in [6.07, 6.45) is -0.251. The van der Waals surface area contributed by atoms with E-state index in [0.717, 1.165) is 0 Å². The predicted octanol–water partition coefficient (Wildman–Crippen LogP) is 2.34. The van der Waals surface area contributed by atoms with Gasteiger partial charge in [-0.15, -0.1) is 0 Å². The Morgan fingerprint density at radius 1 is 1.19 bits per heavy atom. The van der Waals surface area contributed by atoms with Gasteiger partial charge in [0.05, 0.1) is 22.4 Å². The molecule has 1 heterocycles. The third kappa shape index (κ3) is 3.38. The Kier molecular flexibility index (Phi) is 4.66. The van der Waals surface area contributed by atoms with Gasteiger partial charge in [-0.3, -0.25) is 4.79 Å². The number of carboxylic acid groups (broad SMARTS) is 1. The molecule has 0 saturated carbocycles. The highest BCUT2D eigenvalue weighted by molar-refractivity contribution is 7.89. The minimum atomic E-state index is -3.95. The van der Waals surface area contributed by atoms with Gasteiger partial charge in [0.2, 0.25) is 15.5 Å². The highest BCUT2D eigenvalue weighted by Gasteiger charge is 2.23. The Balaban J connectivity index is 2.47. The first-order chi connectivity index (χ1) is 12.6. The van der Waals surface area contributed by atoms with Gasteiger partial charge in [0.25, 0.3) is 0 Å². The summed E-state index contributed by atoms with van der Waals surface area (Å²) in [7, 11) is -2.70. The monoisotopic (exact) mass is 391 g/mol. The molecular formula is C18H17NO7S. The lowest BCUT2D eigenvalue weighted by Gasteiger charge is -2.13. The number of fused-ring (bicyclic) bond motifs is 2. The van der Waals surface area contributed by atoms with Crippen molar-refractivity contribution in [2.24, 2.45) is 0 Å². The Labute approximate surface area is 154 Å². The summed E-state index contributed by atoms with van der Waals surface area (Å²) in [5.74, 6) is -1.00. The molecule has 0 saturated heterocycles. The van der Waals surface area contributed by atoms with Crippen LogP contribution in [0.15, 0.2) is 44.4 Å². The number of nitrogens with one attached hydrogen (secondary N) is 1. The quantitative estimate of drug-likeness (QED) is 0.640. The standard InChI is InChI=1S/C18H17NO7S/c1-9(2)25-11-7-13-16(20)12-6-10(18(21)22)4-5-14(12)26-17(13)15(8-11)27(23,24)19-3/h4-9,19H,1-3H3,(H,21,22). The van der Waals surface area contributed by atoms with E-state index in [-0.39, 0.29) is 44.3 Å². The zero-order valence-electron chi connectivity index (χ0n) is 14.8. The Morgan fingerprint density at radius 3 is 2.48 bits per heavy atom. The number of sulfonamides is 1. The van der Waals surface area contributed by atoms with Gasteiger partial charge in [-0.1, -0.05) is 0 Å². The summed E-state index contributed by atoms with van der Waals surface area (Å²) in [6.45, 7) is 3.52. The van der Waals surface area contributed by atoms with Gasteiger partial charge in [-0.2, -0.15) is 0 Å². The second-order valence-corrected chi connectivity index (χ2v) is 7.97. The first-order valence-electron chi connectivity index (χ1n) is 8.02. The molecule has 142 valence electrons. The van der Waals surface area contributed by atoms with Crippen molar-refractivity contribution in [1.82, 2.24) is 4.72 Å². The van der Waals surface area contributed by atoms with Gasteiger partial charge in [0.15, 0.2) is 5.58 Å². The van der Waals surface area contributed by atoms with Crippen LogP contribution < -0.4 is 14.9 Å². The normalized spacial score (nSPS) is 12.0. The number of hydrogen-bond donors (Lipinski definition) is 2. The Morgan fingerprint density at radius 2 is 1.89 bits per heavy atom. The lowest BCUT2D eigenvalue weighted by atomic mass is 10.1. The predicted molar refractivity (Wildman–Crippen MR) is 99.0 cm³/mol. The first-order valence-corrected chi connectivity index (χ1v) is 9.50. The maximum absolute atomic E-state index is 12.9. The molecule has 0 fully saturated rings. The molecule has 8 nitrogen and oxygen atoms in total. The molecule has 0 aliphatic carbocycles. The summed E-state index contributed by atoms with van der Waals surface area (Å²) in [5, 5.41) is 9.16. The zero-order chi connectivity index (χ0) is 19.9. The van der Waals surface area contributed by atoms with Crippen LogP contribution in [-0.2, 0) is 10.0 Å². The van der Waals surface area contributed by atoms with E-state index in [2.05, 4.69) is 4.72 Å². The van der Waals surface area contributed by atoms with Crippen molar-refractivity contribution in [3.05, 3.63) is 46.1 Å². The molecule has 0 radical (unpaired) electrons. The van der Waals surface area contributed by atoms with Gasteiger partial charge in [0.1, 0.15) is 16.2 Å². The highest BCUT2D eigenvalue weighted by Crippen LogP contribution is 2.30. The number of aromatic carboxylic acids is 1. The van der Waals surface area contributed by atoms with Crippen LogP contribution in [0, 0.1) is 0 Å². The summed E-state index contributed by atoms with van der Waals surface area (Å²) >= 11 is 0. The SMILES string of the molecule is CNS(=O)(=O)c1cc(OC(C)C)cc2c(=O)c3cc(C(=O)O)ccc3oc12. The van der Waals surface area contributed by atoms with Gasteiger partial charge in [-0.25, -0.2) is 17.9 Å². The molecule has 0 atom stereocenters. The fourth-order valence-electron chi connectivity index (χ4n) is 2.69. The van der Waals surface area contributed by atoms with E-state index in [1.54, 1.807) is 13.8 Å². The van der Waals surface area contributed by atoms with E-state index >= 15 is 0 Å². The number of hydrogen-bond acceptors (Lipinski definition) is 6. The molecule has 0 bridgehead atoms. The van der Waals surface area contributed by atoms with E-state index < -0.39 is 21.4 Å². The van der Waals surface area contributed by atoms with Crippen LogP contribution in [0.3, 0.4) is 0 Å². The van der Waals surface area contributed by atoms with Crippen LogP contribution >= 0.6 is 0 Å². The van der Waals surface area contributed by atoms with E-state index in [4.69, 9.17) is 14.3 Å². The van der Waals surface area contributed by atoms with E-state index in [0.29, 0.717) is 0 Å². The molecule has 0 amide bonds. The number of carboxylic acids is 1. The fourth-order valence-corrected chi connectivity index (χ4v) is 3.57. The zero-order valence-corrected chi connectivity index (χ0v) is 15.6. The number of rotatable bonds is 5. The maximum Gasteiger partial charge on any atom is 0.335 e. The maximum atomic E-state index is 12.9. The van der Waals surface area contributed by atoms with Crippen molar-refractivity contribution < 1.29 is 27.5 Å². The van der Waals surface area contributed by atoms with Gasteiger partial charge in [-0.05, 0) is 45.2 Å². The first kappa shape index (κ1) is 18.9. The molecule has 0 aliphatic rings. The average molecular weight is 391 g/mol. The van der Waals surface area contributed by atoms with Gasteiger partial charge >= 0.3 is 5.97 Å². The lowest BCUT2D eigenvalue weighted by Crippen LogP contribution is -2.20. The molecule has 1 aromatic heterocycles. The summed E-state index contributed by atoms with van der Waals surface area (Å²) < 4.78 is 38.3. The molecule has 9 heteroatoms. The average Bonchev–Trinajstić information content (AvgIpc) is 2.61. The topological polar surface area (TPSA) is 123 Å². The summed E-state index contributed by atoms with van der Waals surface area (Å²) in [5.41, 5.74) is -0.661. The molecule has 2 N–H and O–H groups in total.